The molecule has 5 nitrogen and oxygen atoms in total. The summed E-state index contributed by atoms with van der Waals surface area (Å²) >= 11 is 6.05. The highest BCUT2D eigenvalue weighted by Crippen LogP contribution is 2.41. The van der Waals surface area contributed by atoms with Crippen LogP contribution in [0.3, 0.4) is 0 Å². The monoisotopic (exact) mass is 447 g/mol. The number of nitrogens with one attached hydrogen (secondary N) is 2. The van der Waals surface area contributed by atoms with Crippen LogP contribution < -0.4 is 15.5 Å². The molecular weight excluding hydrogens is 422 g/mol. The largest absolute Gasteiger partial charge is 0.378 e. The van der Waals surface area contributed by atoms with Crippen molar-refractivity contribution in [2.75, 3.05) is 15.5 Å². The van der Waals surface area contributed by atoms with Crippen LogP contribution in [0.4, 0.5) is 17.1 Å². The highest BCUT2D eigenvalue weighted by molar-refractivity contribution is 6.30. The van der Waals surface area contributed by atoms with Crippen molar-refractivity contribution in [3.63, 3.8) is 0 Å². The van der Waals surface area contributed by atoms with Gasteiger partial charge in [0.2, 0.25) is 11.8 Å². The fraction of sp³-hybridized carbons (Fsp3) is 0.231. The maximum Gasteiger partial charge on any atom is 0.224 e. The van der Waals surface area contributed by atoms with Gasteiger partial charge in [0.05, 0.1) is 6.04 Å². The first-order valence-electron chi connectivity index (χ1n) is 10.7. The van der Waals surface area contributed by atoms with Crippen molar-refractivity contribution in [2.45, 2.75) is 39.3 Å². The lowest BCUT2D eigenvalue weighted by Gasteiger charge is -2.39. The van der Waals surface area contributed by atoms with Crippen molar-refractivity contribution in [2.24, 2.45) is 0 Å². The Balaban J connectivity index is 1.75. The Bertz CT molecular complexity index is 1160. The van der Waals surface area contributed by atoms with Crippen molar-refractivity contribution in [1.82, 2.24) is 0 Å². The molecule has 0 fully saturated rings. The molecule has 0 saturated heterocycles. The van der Waals surface area contributed by atoms with Gasteiger partial charge in [-0.15, -0.1) is 0 Å². The van der Waals surface area contributed by atoms with Gasteiger partial charge in [-0.25, -0.2) is 0 Å². The highest BCUT2D eigenvalue weighted by Gasteiger charge is 2.32. The molecule has 0 bridgehead atoms. The molecule has 164 valence electrons. The number of carbonyl (C=O) groups excluding carboxylic acids is 2. The Labute approximate surface area is 193 Å². The van der Waals surface area contributed by atoms with E-state index >= 15 is 0 Å². The lowest BCUT2D eigenvalue weighted by atomic mass is 9.89. The van der Waals surface area contributed by atoms with Crippen LogP contribution in [0.1, 0.15) is 38.8 Å². The van der Waals surface area contributed by atoms with Crippen LogP contribution in [-0.4, -0.2) is 17.9 Å². The Hall–Kier alpha value is -3.31. The van der Waals surface area contributed by atoms with Crippen molar-refractivity contribution in [3.05, 3.63) is 77.3 Å². The predicted molar refractivity (Wildman–Crippen MR) is 131 cm³/mol. The summed E-state index contributed by atoms with van der Waals surface area (Å²) in [5.41, 5.74) is 5.74. The van der Waals surface area contributed by atoms with Crippen molar-refractivity contribution in [3.8, 4) is 11.1 Å². The SMILES string of the molecule is CC(=O)Nc1cccc(-c2ccc3c(c2)C(Nc2ccc(Cl)cc2)CC(C)N3C(C)=O)c1. The minimum Gasteiger partial charge on any atom is -0.378 e. The Morgan fingerprint density at radius 1 is 0.938 bits per heavy atom. The minimum absolute atomic E-state index is 0.0316. The van der Waals surface area contributed by atoms with Crippen LogP contribution in [0.15, 0.2) is 66.7 Å². The van der Waals surface area contributed by atoms with Crippen LogP contribution in [0, 0.1) is 0 Å². The molecule has 3 aromatic rings. The molecule has 6 heteroatoms. The zero-order valence-electron chi connectivity index (χ0n) is 18.4. The first-order valence-corrected chi connectivity index (χ1v) is 11.0. The van der Waals surface area contributed by atoms with Gasteiger partial charge in [0.1, 0.15) is 0 Å². The van der Waals surface area contributed by atoms with Gasteiger partial charge in [-0.3, -0.25) is 9.59 Å². The van der Waals surface area contributed by atoms with E-state index in [1.807, 2.05) is 65.6 Å². The number of carbonyl (C=O) groups is 2. The summed E-state index contributed by atoms with van der Waals surface area (Å²) in [6.45, 7) is 5.18. The zero-order valence-corrected chi connectivity index (χ0v) is 19.1. The molecule has 1 aliphatic rings. The van der Waals surface area contributed by atoms with Gasteiger partial charge in [-0.2, -0.15) is 0 Å². The third kappa shape index (κ3) is 4.63. The number of benzene rings is 3. The van der Waals surface area contributed by atoms with E-state index in [2.05, 4.69) is 23.6 Å². The summed E-state index contributed by atoms with van der Waals surface area (Å²) < 4.78 is 0. The third-order valence-electron chi connectivity index (χ3n) is 5.72. The van der Waals surface area contributed by atoms with E-state index in [0.717, 1.165) is 40.2 Å². The average molecular weight is 448 g/mol. The Morgan fingerprint density at radius 3 is 2.34 bits per heavy atom. The quantitative estimate of drug-likeness (QED) is 0.496. The number of anilines is 3. The first kappa shape index (κ1) is 21.9. The number of nitrogens with zero attached hydrogens (tertiary/aromatic N) is 1. The Morgan fingerprint density at radius 2 is 1.66 bits per heavy atom. The van der Waals surface area contributed by atoms with E-state index in [1.165, 1.54) is 6.92 Å². The molecule has 2 amide bonds. The standard InChI is InChI=1S/C26H26ClN3O2/c1-16-13-25(29-22-10-8-21(27)9-11-22)24-15-20(7-12-26(24)30(16)18(3)32)19-5-4-6-23(14-19)28-17(2)31/h4-12,14-16,25,29H,13H2,1-3H3,(H,28,31). The fourth-order valence-electron chi connectivity index (χ4n) is 4.39. The minimum atomic E-state index is -0.106. The molecule has 2 atom stereocenters. The number of rotatable bonds is 4. The molecule has 0 saturated carbocycles. The Kier molecular flexibility index (Phi) is 6.19. The van der Waals surface area contributed by atoms with E-state index < -0.39 is 0 Å². The highest BCUT2D eigenvalue weighted by atomic mass is 35.5. The van der Waals surface area contributed by atoms with Crippen LogP contribution in [0.2, 0.25) is 5.02 Å². The normalized spacial score (nSPS) is 17.4. The van der Waals surface area contributed by atoms with Gasteiger partial charge < -0.3 is 15.5 Å². The summed E-state index contributed by atoms with van der Waals surface area (Å²) in [6, 6.07) is 21.7. The van der Waals surface area contributed by atoms with Crippen molar-refractivity contribution in [1.29, 1.82) is 0 Å². The maximum absolute atomic E-state index is 12.4. The molecule has 1 heterocycles. The van der Waals surface area contributed by atoms with E-state index in [-0.39, 0.29) is 23.9 Å². The fourth-order valence-corrected chi connectivity index (χ4v) is 4.51. The maximum atomic E-state index is 12.4. The summed E-state index contributed by atoms with van der Waals surface area (Å²) in [7, 11) is 0. The second kappa shape index (κ2) is 9.05. The molecule has 32 heavy (non-hydrogen) atoms. The smallest absolute Gasteiger partial charge is 0.224 e. The van der Waals surface area contributed by atoms with Gasteiger partial charge in [-0.1, -0.05) is 29.8 Å². The zero-order chi connectivity index (χ0) is 22.8. The van der Waals surface area contributed by atoms with Crippen molar-refractivity contribution >= 4 is 40.5 Å². The van der Waals surface area contributed by atoms with Gasteiger partial charge in [-0.05, 0) is 78.6 Å². The lowest BCUT2D eigenvalue weighted by molar-refractivity contribution is -0.117. The average Bonchev–Trinajstić information content (AvgIpc) is 2.74. The molecule has 2 unspecified atom stereocenters. The van der Waals surface area contributed by atoms with E-state index in [4.69, 9.17) is 11.6 Å². The summed E-state index contributed by atoms with van der Waals surface area (Å²) in [4.78, 5) is 25.8. The summed E-state index contributed by atoms with van der Waals surface area (Å²) in [5, 5.41) is 7.14. The van der Waals surface area contributed by atoms with Crippen molar-refractivity contribution < 1.29 is 9.59 Å². The predicted octanol–water partition coefficient (Wildman–Crippen LogP) is 6.26. The lowest BCUT2D eigenvalue weighted by Crippen LogP contribution is -2.43. The van der Waals surface area contributed by atoms with Crippen LogP contribution in [0.25, 0.3) is 11.1 Å². The summed E-state index contributed by atoms with van der Waals surface area (Å²) in [6.07, 6.45) is 0.782. The second-order valence-corrected chi connectivity index (χ2v) is 8.65. The number of hydrogen-bond donors (Lipinski definition) is 2. The number of hydrogen-bond acceptors (Lipinski definition) is 3. The molecule has 4 rings (SSSR count). The number of fused-ring (bicyclic) bond motifs is 1. The van der Waals surface area contributed by atoms with E-state index in [9.17, 15) is 9.59 Å². The number of amides is 2. The molecule has 3 aromatic carbocycles. The van der Waals surface area contributed by atoms with E-state index in [1.54, 1.807) is 6.92 Å². The first-order chi connectivity index (χ1) is 15.3. The number of halogens is 1. The van der Waals surface area contributed by atoms with Crippen LogP contribution in [-0.2, 0) is 9.59 Å². The van der Waals surface area contributed by atoms with Crippen LogP contribution in [0.5, 0.6) is 0 Å². The van der Waals surface area contributed by atoms with Gasteiger partial charge in [0.25, 0.3) is 0 Å². The van der Waals surface area contributed by atoms with Gasteiger partial charge in [0.15, 0.2) is 0 Å². The molecule has 2 N–H and O–H groups in total. The second-order valence-electron chi connectivity index (χ2n) is 8.21. The van der Waals surface area contributed by atoms with Crippen LogP contribution >= 0.6 is 11.6 Å². The van der Waals surface area contributed by atoms with Gasteiger partial charge in [0, 0.05) is 42.0 Å². The van der Waals surface area contributed by atoms with E-state index in [0.29, 0.717) is 5.02 Å². The molecule has 1 aliphatic heterocycles. The molecule has 0 spiro atoms. The molecular formula is C26H26ClN3O2. The molecule has 0 aliphatic carbocycles. The third-order valence-corrected chi connectivity index (χ3v) is 5.97. The topological polar surface area (TPSA) is 61.4 Å². The summed E-state index contributed by atoms with van der Waals surface area (Å²) in [5.74, 6) is -0.0741. The molecule has 0 aromatic heterocycles. The molecule has 0 radical (unpaired) electrons. The van der Waals surface area contributed by atoms with Gasteiger partial charge >= 0.3 is 0 Å².